The van der Waals surface area contributed by atoms with Gasteiger partial charge in [0.25, 0.3) is 0 Å². The van der Waals surface area contributed by atoms with Gasteiger partial charge in [-0.2, -0.15) is 0 Å². The SMILES string of the molecule is O=C([O-])[C@H]1C[NH2+][C@@H](c2ccccc2)C[C@H]1c1ccccc1. The number of carbonyl (C=O) groups is 1. The number of benzene rings is 2. The second-order valence-electron chi connectivity index (χ2n) is 5.67. The molecule has 1 heterocycles. The van der Waals surface area contributed by atoms with E-state index in [9.17, 15) is 9.90 Å². The highest BCUT2D eigenvalue weighted by atomic mass is 16.4. The highest BCUT2D eigenvalue weighted by molar-refractivity contribution is 5.69. The van der Waals surface area contributed by atoms with Crippen LogP contribution in [0, 0.1) is 5.92 Å². The lowest BCUT2D eigenvalue weighted by Crippen LogP contribution is -2.89. The summed E-state index contributed by atoms with van der Waals surface area (Å²) in [7, 11) is 0. The lowest BCUT2D eigenvalue weighted by molar-refractivity contribution is -0.710. The summed E-state index contributed by atoms with van der Waals surface area (Å²) in [5.41, 5.74) is 2.36. The van der Waals surface area contributed by atoms with E-state index in [1.54, 1.807) is 0 Å². The van der Waals surface area contributed by atoms with Crippen LogP contribution in [0.5, 0.6) is 0 Å². The van der Waals surface area contributed by atoms with Crippen LogP contribution in [0.25, 0.3) is 0 Å². The zero-order chi connectivity index (χ0) is 14.7. The smallest absolute Gasteiger partial charge is 0.112 e. The monoisotopic (exact) mass is 281 g/mol. The lowest BCUT2D eigenvalue weighted by atomic mass is 9.77. The first kappa shape index (κ1) is 13.8. The maximum atomic E-state index is 11.5. The first-order chi connectivity index (χ1) is 10.3. The van der Waals surface area contributed by atoms with Crippen LogP contribution in [0.2, 0.25) is 0 Å². The quantitative estimate of drug-likeness (QED) is 0.906. The molecule has 0 radical (unpaired) electrons. The number of carboxylic acid groups (broad SMARTS) is 1. The Morgan fingerprint density at radius 2 is 1.52 bits per heavy atom. The molecule has 3 nitrogen and oxygen atoms in total. The topological polar surface area (TPSA) is 56.7 Å². The fourth-order valence-corrected chi connectivity index (χ4v) is 3.31. The number of aliphatic carboxylic acids is 1. The molecule has 1 fully saturated rings. The number of quaternary nitrogens is 1. The number of hydrogen-bond acceptors (Lipinski definition) is 2. The minimum absolute atomic E-state index is 0.0198. The van der Waals surface area contributed by atoms with Gasteiger partial charge < -0.3 is 15.2 Å². The molecule has 0 saturated carbocycles. The molecule has 0 bridgehead atoms. The first-order valence-corrected chi connectivity index (χ1v) is 7.40. The van der Waals surface area contributed by atoms with Crippen LogP contribution >= 0.6 is 0 Å². The second kappa shape index (κ2) is 6.10. The average molecular weight is 281 g/mol. The summed E-state index contributed by atoms with van der Waals surface area (Å²) in [6, 6.07) is 20.6. The van der Waals surface area contributed by atoms with Gasteiger partial charge in [-0.05, 0) is 5.56 Å². The molecule has 2 aromatic carbocycles. The van der Waals surface area contributed by atoms with Crippen molar-refractivity contribution in [3.63, 3.8) is 0 Å². The molecule has 108 valence electrons. The van der Waals surface area contributed by atoms with Gasteiger partial charge in [-0.1, -0.05) is 60.7 Å². The van der Waals surface area contributed by atoms with Crippen molar-refractivity contribution >= 4 is 5.97 Å². The third kappa shape index (κ3) is 2.98. The van der Waals surface area contributed by atoms with E-state index in [0.717, 1.165) is 12.0 Å². The second-order valence-corrected chi connectivity index (χ2v) is 5.67. The molecule has 21 heavy (non-hydrogen) atoms. The van der Waals surface area contributed by atoms with Gasteiger partial charge >= 0.3 is 0 Å². The summed E-state index contributed by atoms with van der Waals surface area (Å²) in [5.74, 6) is -1.34. The maximum Gasteiger partial charge on any atom is 0.112 e. The summed E-state index contributed by atoms with van der Waals surface area (Å²) >= 11 is 0. The van der Waals surface area contributed by atoms with Crippen LogP contribution in [-0.4, -0.2) is 12.5 Å². The van der Waals surface area contributed by atoms with Crippen molar-refractivity contribution in [2.75, 3.05) is 6.54 Å². The predicted molar refractivity (Wildman–Crippen MR) is 78.3 cm³/mol. The number of piperidine rings is 1. The zero-order valence-electron chi connectivity index (χ0n) is 11.8. The Balaban J connectivity index is 1.87. The molecule has 0 aliphatic carbocycles. The summed E-state index contributed by atoms with van der Waals surface area (Å²) in [6.45, 7) is 0.571. The van der Waals surface area contributed by atoms with Crippen molar-refractivity contribution in [1.29, 1.82) is 0 Å². The predicted octanol–water partition coefficient (Wildman–Crippen LogP) is 0.845. The zero-order valence-corrected chi connectivity index (χ0v) is 11.8. The minimum atomic E-state index is -0.938. The van der Waals surface area contributed by atoms with Gasteiger partial charge in [0.05, 0.1) is 18.4 Å². The Kier molecular flexibility index (Phi) is 4.02. The number of hydrogen-bond donors (Lipinski definition) is 1. The van der Waals surface area contributed by atoms with E-state index in [0.29, 0.717) is 12.6 Å². The molecule has 0 spiro atoms. The Morgan fingerprint density at radius 1 is 0.952 bits per heavy atom. The fraction of sp³-hybridized carbons (Fsp3) is 0.278. The van der Waals surface area contributed by atoms with E-state index in [-0.39, 0.29) is 5.92 Å². The Morgan fingerprint density at radius 3 is 2.10 bits per heavy atom. The molecule has 3 atom stereocenters. The van der Waals surface area contributed by atoms with Crippen molar-refractivity contribution in [3.8, 4) is 0 Å². The van der Waals surface area contributed by atoms with Crippen LogP contribution < -0.4 is 10.4 Å². The summed E-state index contributed by atoms with van der Waals surface area (Å²) in [4.78, 5) is 11.5. The van der Waals surface area contributed by atoms with E-state index in [4.69, 9.17) is 0 Å². The Hall–Kier alpha value is -2.13. The summed E-state index contributed by atoms with van der Waals surface area (Å²) in [6.07, 6.45) is 0.826. The number of nitrogens with two attached hydrogens (primary N) is 1. The van der Waals surface area contributed by atoms with Crippen LogP contribution in [-0.2, 0) is 4.79 Å². The molecule has 2 aromatic rings. The van der Waals surface area contributed by atoms with Crippen molar-refractivity contribution in [1.82, 2.24) is 0 Å². The minimum Gasteiger partial charge on any atom is -0.550 e. The van der Waals surface area contributed by atoms with E-state index in [1.165, 1.54) is 5.56 Å². The summed E-state index contributed by atoms with van der Waals surface area (Å²) < 4.78 is 0. The molecule has 3 heteroatoms. The van der Waals surface area contributed by atoms with Gasteiger partial charge in [-0.3, -0.25) is 0 Å². The van der Waals surface area contributed by atoms with E-state index < -0.39 is 11.9 Å². The molecule has 1 aliphatic heterocycles. The molecule has 2 N–H and O–H groups in total. The Labute approximate surface area is 124 Å². The van der Waals surface area contributed by atoms with Crippen LogP contribution in [0.4, 0.5) is 0 Å². The third-order valence-corrected chi connectivity index (χ3v) is 4.43. The van der Waals surface area contributed by atoms with Crippen molar-refractivity contribution in [3.05, 3.63) is 71.8 Å². The number of carboxylic acids is 1. The van der Waals surface area contributed by atoms with E-state index in [2.05, 4.69) is 17.4 Å². The van der Waals surface area contributed by atoms with Crippen LogP contribution in [0.3, 0.4) is 0 Å². The average Bonchev–Trinajstić information content (AvgIpc) is 2.56. The highest BCUT2D eigenvalue weighted by Gasteiger charge is 2.35. The van der Waals surface area contributed by atoms with Gasteiger partial charge in [0, 0.05) is 17.9 Å². The van der Waals surface area contributed by atoms with Gasteiger partial charge in [0.2, 0.25) is 0 Å². The third-order valence-electron chi connectivity index (χ3n) is 4.43. The molecular formula is C18H19NO2. The molecule has 3 rings (SSSR count). The Bertz CT molecular complexity index is 597. The first-order valence-electron chi connectivity index (χ1n) is 7.40. The number of carbonyl (C=O) groups excluding carboxylic acids is 1. The van der Waals surface area contributed by atoms with Crippen LogP contribution in [0.1, 0.15) is 29.5 Å². The lowest BCUT2D eigenvalue weighted by Gasteiger charge is -2.35. The largest absolute Gasteiger partial charge is 0.550 e. The van der Waals surface area contributed by atoms with Gasteiger partial charge in [-0.25, -0.2) is 0 Å². The maximum absolute atomic E-state index is 11.5. The van der Waals surface area contributed by atoms with Crippen molar-refractivity contribution < 1.29 is 15.2 Å². The highest BCUT2D eigenvalue weighted by Crippen LogP contribution is 2.34. The normalized spacial score (nSPS) is 25.4. The van der Waals surface area contributed by atoms with Crippen molar-refractivity contribution in [2.24, 2.45) is 5.92 Å². The van der Waals surface area contributed by atoms with E-state index in [1.807, 2.05) is 48.5 Å². The molecule has 1 aliphatic rings. The van der Waals surface area contributed by atoms with E-state index >= 15 is 0 Å². The molecule has 0 unspecified atom stereocenters. The molecule has 1 saturated heterocycles. The number of rotatable bonds is 3. The molecule has 0 aromatic heterocycles. The van der Waals surface area contributed by atoms with Gasteiger partial charge in [0.1, 0.15) is 6.04 Å². The van der Waals surface area contributed by atoms with Crippen molar-refractivity contribution in [2.45, 2.75) is 18.4 Å². The molecular weight excluding hydrogens is 262 g/mol. The fourth-order valence-electron chi connectivity index (χ4n) is 3.31. The summed E-state index contributed by atoms with van der Waals surface area (Å²) in [5, 5.41) is 13.6. The molecule has 0 amide bonds. The van der Waals surface area contributed by atoms with Crippen LogP contribution in [0.15, 0.2) is 60.7 Å². The van der Waals surface area contributed by atoms with Gasteiger partial charge in [0.15, 0.2) is 0 Å². The standard InChI is InChI=1S/C18H19NO2/c20-18(21)16-12-19-17(14-9-5-2-6-10-14)11-15(16)13-7-3-1-4-8-13/h1-10,15-17,19H,11-12H2,(H,20,21)/t15-,16-,17+/m0/s1. The van der Waals surface area contributed by atoms with Gasteiger partial charge in [-0.15, -0.1) is 0 Å².